The Kier molecular flexibility index (Phi) is 7.67. The number of nitrogens with one attached hydrogen (secondary N) is 2. The van der Waals surface area contributed by atoms with E-state index in [0.29, 0.717) is 27.0 Å². The van der Waals surface area contributed by atoms with Gasteiger partial charge in [-0.15, -0.1) is 11.8 Å². The van der Waals surface area contributed by atoms with Crippen LogP contribution in [0.5, 0.6) is 0 Å². The molecule has 8 heteroatoms. The van der Waals surface area contributed by atoms with Crippen molar-refractivity contribution in [2.75, 3.05) is 16.4 Å². The topological polar surface area (TPSA) is 58.2 Å². The third-order valence-electron chi connectivity index (χ3n) is 4.20. The molecule has 2 amide bonds. The van der Waals surface area contributed by atoms with E-state index in [1.165, 1.54) is 17.8 Å². The van der Waals surface area contributed by atoms with Gasteiger partial charge in [-0.25, -0.2) is 0 Å². The molecule has 0 unspecified atom stereocenters. The number of carbonyl (C=O) groups excluding carboxylic acids is 2. The van der Waals surface area contributed by atoms with Crippen molar-refractivity contribution >= 4 is 69.8 Å². The van der Waals surface area contributed by atoms with Gasteiger partial charge < -0.3 is 10.6 Å². The second kappa shape index (κ2) is 10.2. The minimum atomic E-state index is -0.326. The van der Waals surface area contributed by atoms with Crippen molar-refractivity contribution < 1.29 is 9.59 Å². The van der Waals surface area contributed by atoms with Gasteiger partial charge in [0.1, 0.15) is 0 Å². The summed E-state index contributed by atoms with van der Waals surface area (Å²) in [6.07, 6.45) is 0. The number of carbonyl (C=O) groups is 2. The summed E-state index contributed by atoms with van der Waals surface area (Å²) in [6, 6.07) is 17.3. The van der Waals surface area contributed by atoms with Crippen LogP contribution in [0.15, 0.2) is 65.6 Å². The second-order valence-electron chi connectivity index (χ2n) is 6.35. The summed E-state index contributed by atoms with van der Waals surface area (Å²) in [5.74, 6) is -0.202. The largest absolute Gasteiger partial charge is 0.325 e. The van der Waals surface area contributed by atoms with Crippen LogP contribution in [0.25, 0.3) is 0 Å². The molecule has 2 N–H and O–H groups in total. The Morgan fingerprint density at radius 1 is 0.900 bits per heavy atom. The molecule has 0 saturated carbocycles. The molecule has 30 heavy (non-hydrogen) atoms. The number of amides is 2. The molecule has 0 aromatic heterocycles. The fourth-order valence-electron chi connectivity index (χ4n) is 2.58. The van der Waals surface area contributed by atoms with Crippen LogP contribution in [-0.4, -0.2) is 17.6 Å². The Balaban J connectivity index is 1.54. The summed E-state index contributed by atoms with van der Waals surface area (Å²) in [5, 5.41) is 7.01. The zero-order chi connectivity index (χ0) is 21.7. The Labute approximate surface area is 193 Å². The molecular formula is C22H17Cl3N2O2S. The van der Waals surface area contributed by atoms with Crippen molar-refractivity contribution in [3.8, 4) is 0 Å². The summed E-state index contributed by atoms with van der Waals surface area (Å²) in [4.78, 5) is 25.5. The monoisotopic (exact) mass is 478 g/mol. The molecule has 0 heterocycles. The number of benzene rings is 3. The molecule has 0 bridgehead atoms. The van der Waals surface area contributed by atoms with Crippen molar-refractivity contribution in [3.05, 3.63) is 86.9 Å². The highest BCUT2D eigenvalue weighted by molar-refractivity contribution is 8.00. The quantitative estimate of drug-likeness (QED) is 0.377. The first-order chi connectivity index (χ1) is 14.3. The van der Waals surface area contributed by atoms with E-state index in [1.807, 2.05) is 25.1 Å². The third-order valence-corrected chi connectivity index (χ3v) is 6.17. The van der Waals surface area contributed by atoms with Gasteiger partial charge in [0.2, 0.25) is 5.91 Å². The fraction of sp³-hybridized carbons (Fsp3) is 0.0909. The van der Waals surface area contributed by atoms with Crippen LogP contribution in [0.2, 0.25) is 15.1 Å². The lowest BCUT2D eigenvalue weighted by Gasteiger charge is -2.10. The van der Waals surface area contributed by atoms with Crippen LogP contribution in [0.3, 0.4) is 0 Å². The maximum absolute atomic E-state index is 12.4. The molecule has 3 aromatic rings. The lowest BCUT2D eigenvalue weighted by molar-refractivity contribution is -0.113. The molecule has 3 aromatic carbocycles. The molecule has 0 spiro atoms. The van der Waals surface area contributed by atoms with Gasteiger partial charge in [-0.05, 0) is 67.1 Å². The normalized spacial score (nSPS) is 10.5. The predicted octanol–water partition coefficient (Wildman–Crippen LogP) is 6.94. The van der Waals surface area contributed by atoms with Gasteiger partial charge in [0.15, 0.2) is 0 Å². The number of hydrogen-bond acceptors (Lipinski definition) is 3. The van der Waals surface area contributed by atoms with Crippen molar-refractivity contribution in [2.24, 2.45) is 0 Å². The molecule has 0 aliphatic heterocycles. The number of thioether (sulfide) groups is 1. The van der Waals surface area contributed by atoms with E-state index >= 15 is 0 Å². The van der Waals surface area contributed by atoms with Gasteiger partial charge in [0.05, 0.1) is 16.3 Å². The number of anilines is 2. The highest BCUT2D eigenvalue weighted by Crippen LogP contribution is 2.25. The summed E-state index contributed by atoms with van der Waals surface area (Å²) < 4.78 is 0. The summed E-state index contributed by atoms with van der Waals surface area (Å²) in [6.45, 7) is 1.86. The van der Waals surface area contributed by atoms with E-state index < -0.39 is 0 Å². The van der Waals surface area contributed by atoms with Gasteiger partial charge in [0, 0.05) is 26.3 Å². The molecule has 0 saturated heterocycles. The molecule has 3 rings (SSSR count). The van der Waals surface area contributed by atoms with Crippen LogP contribution in [0.4, 0.5) is 11.4 Å². The van der Waals surface area contributed by atoms with Gasteiger partial charge >= 0.3 is 0 Å². The van der Waals surface area contributed by atoms with Crippen molar-refractivity contribution in [3.63, 3.8) is 0 Å². The maximum atomic E-state index is 12.4. The molecule has 154 valence electrons. The Bertz CT molecular complexity index is 1090. The second-order valence-corrected chi connectivity index (χ2v) is 8.65. The van der Waals surface area contributed by atoms with E-state index in [2.05, 4.69) is 10.6 Å². The Hall–Kier alpha value is -2.18. The van der Waals surface area contributed by atoms with Crippen LogP contribution in [0.1, 0.15) is 15.9 Å². The lowest BCUT2D eigenvalue weighted by atomic mass is 10.2. The van der Waals surface area contributed by atoms with Gasteiger partial charge in [-0.1, -0.05) is 40.9 Å². The first-order valence-corrected chi connectivity index (χ1v) is 11.0. The Morgan fingerprint density at radius 2 is 1.63 bits per heavy atom. The molecular weight excluding hydrogens is 463 g/mol. The minimum Gasteiger partial charge on any atom is -0.325 e. The maximum Gasteiger partial charge on any atom is 0.257 e. The van der Waals surface area contributed by atoms with Gasteiger partial charge in [0.25, 0.3) is 5.91 Å². The minimum absolute atomic E-state index is 0.125. The van der Waals surface area contributed by atoms with E-state index in [-0.39, 0.29) is 22.6 Å². The van der Waals surface area contributed by atoms with Crippen molar-refractivity contribution in [1.29, 1.82) is 0 Å². The molecule has 4 nitrogen and oxygen atoms in total. The molecule has 0 atom stereocenters. The first-order valence-electron chi connectivity index (χ1n) is 8.87. The highest BCUT2D eigenvalue weighted by Gasteiger charge is 2.11. The van der Waals surface area contributed by atoms with E-state index in [4.69, 9.17) is 34.8 Å². The summed E-state index contributed by atoms with van der Waals surface area (Å²) in [7, 11) is 0. The zero-order valence-corrected chi connectivity index (χ0v) is 18.9. The van der Waals surface area contributed by atoms with E-state index in [9.17, 15) is 9.59 Å². The average Bonchev–Trinajstić information content (AvgIpc) is 2.71. The SMILES string of the molecule is Cc1c(Cl)cccc1NC(=O)CSc1ccc(NC(=O)c2ccc(Cl)cc2Cl)cc1. The van der Waals surface area contributed by atoms with Crippen molar-refractivity contribution in [1.82, 2.24) is 0 Å². The smallest absolute Gasteiger partial charge is 0.257 e. The average molecular weight is 480 g/mol. The van der Waals surface area contributed by atoms with Crippen LogP contribution in [-0.2, 0) is 4.79 Å². The van der Waals surface area contributed by atoms with Crippen LogP contribution < -0.4 is 10.6 Å². The Morgan fingerprint density at radius 3 is 2.33 bits per heavy atom. The van der Waals surface area contributed by atoms with Gasteiger partial charge in [-0.2, -0.15) is 0 Å². The molecule has 0 fully saturated rings. The first kappa shape index (κ1) is 22.5. The van der Waals surface area contributed by atoms with Gasteiger partial charge in [-0.3, -0.25) is 9.59 Å². The van der Waals surface area contributed by atoms with Crippen molar-refractivity contribution in [2.45, 2.75) is 11.8 Å². The van der Waals surface area contributed by atoms with Crippen LogP contribution >= 0.6 is 46.6 Å². The summed E-state index contributed by atoms with van der Waals surface area (Å²) >= 11 is 19.4. The summed E-state index contributed by atoms with van der Waals surface area (Å²) in [5.41, 5.74) is 2.49. The highest BCUT2D eigenvalue weighted by atomic mass is 35.5. The molecule has 0 radical (unpaired) electrons. The zero-order valence-electron chi connectivity index (χ0n) is 15.8. The fourth-order valence-corrected chi connectivity index (χ4v) is 3.95. The van der Waals surface area contributed by atoms with E-state index in [1.54, 1.807) is 36.4 Å². The van der Waals surface area contributed by atoms with Crippen LogP contribution in [0, 0.1) is 6.92 Å². The molecule has 0 aliphatic carbocycles. The number of halogens is 3. The number of hydrogen-bond donors (Lipinski definition) is 2. The lowest BCUT2D eigenvalue weighted by Crippen LogP contribution is -2.15. The third kappa shape index (κ3) is 5.92. The predicted molar refractivity (Wildman–Crippen MR) is 126 cm³/mol. The number of rotatable bonds is 6. The van der Waals surface area contributed by atoms with E-state index in [0.717, 1.165) is 10.5 Å². The molecule has 0 aliphatic rings. The standard InChI is InChI=1S/C22H17Cl3N2O2S/c1-13-18(24)3-2-4-20(13)27-21(28)12-30-16-8-6-15(7-9-16)26-22(29)17-10-5-14(23)11-19(17)25/h2-11H,12H2,1H3,(H,26,29)(H,27,28).